The normalized spacial score (nSPS) is 10.4. The minimum absolute atomic E-state index is 0.0555. The summed E-state index contributed by atoms with van der Waals surface area (Å²) in [7, 11) is 0. The molecule has 0 radical (unpaired) electrons. The van der Waals surface area contributed by atoms with Crippen molar-refractivity contribution in [3.05, 3.63) is 75.1 Å². The van der Waals surface area contributed by atoms with Crippen LogP contribution in [0.25, 0.3) is 0 Å². The number of benzene rings is 2. The number of nitro groups is 1. The van der Waals surface area contributed by atoms with Crippen LogP contribution in [0.15, 0.2) is 48.8 Å². The first kappa shape index (κ1) is 17.6. The fraction of sp³-hybridized carbons (Fsp3) is 0.111. The smallest absolute Gasteiger partial charge is 0.373 e. The largest absolute Gasteiger partial charge is 0.434 e. The van der Waals surface area contributed by atoms with E-state index < -0.39 is 4.92 Å². The molecule has 0 bridgehead atoms. The second-order valence-electron chi connectivity index (χ2n) is 5.59. The zero-order chi connectivity index (χ0) is 18.7. The average Bonchev–Trinajstić information content (AvgIpc) is 2.60. The van der Waals surface area contributed by atoms with Crippen molar-refractivity contribution >= 4 is 28.8 Å². The molecule has 3 aromatic rings. The number of nitrogens with one attached hydrogen (secondary N) is 1. The van der Waals surface area contributed by atoms with Crippen LogP contribution >= 0.6 is 11.6 Å². The average molecular weight is 371 g/mol. The topological polar surface area (TPSA) is 90.2 Å². The molecule has 26 heavy (non-hydrogen) atoms. The van der Waals surface area contributed by atoms with Gasteiger partial charge in [-0.05, 0) is 49.2 Å². The SMILES string of the molecule is Cc1cc(Oc2ncnc(Nc3ccccc3C)c2[N+](=O)[O-])ccc1Cl. The van der Waals surface area contributed by atoms with Crippen molar-refractivity contribution in [1.29, 1.82) is 0 Å². The summed E-state index contributed by atoms with van der Waals surface area (Å²) in [6.07, 6.45) is 1.21. The Kier molecular flexibility index (Phi) is 4.99. The first-order chi connectivity index (χ1) is 12.5. The lowest BCUT2D eigenvalue weighted by atomic mass is 10.2. The maximum Gasteiger partial charge on any atom is 0.373 e. The standard InChI is InChI=1S/C18H15ClN4O3/c1-11-5-3-4-6-15(11)22-17-16(23(24)25)18(21-10-20-17)26-13-7-8-14(19)12(2)9-13/h3-10H,1-2H3,(H,20,21,22). The lowest BCUT2D eigenvalue weighted by Crippen LogP contribution is -2.04. The fourth-order valence-corrected chi connectivity index (χ4v) is 2.44. The molecule has 0 atom stereocenters. The van der Waals surface area contributed by atoms with Gasteiger partial charge in [-0.25, -0.2) is 4.98 Å². The van der Waals surface area contributed by atoms with Crippen LogP contribution in [-0.2, 0) is 0 Å². The van der Waals surface area contributed by atoms with E-state index in [4.69, 9.17) is 16.3 Å². The Balaban J connectivity index is 1.99. The van der Waals surface area contributed by atoms with E-state index in [9.17, 15) is 10.1 Å². The van der Waals surface area contributed by atoms with Crippen LogP contribution in [0.1, 0.15) is 11.1 Å². The molecule has 0 fully saturated rings. The van der Waals surface area contributed by atoms with E-state index in [1.807, 2.05) is 38.1 Å². The number of aryl methyl sites for hydroxylation is 2. The molecule has 0 unspecified atom stereocenters. The van der Waals surface area contributed by atoms with Crippen LogP contribution in [-0.4, -0.2) is 14.9 Å². The van der Waals surface area contributed by atoms with E-state index in [0.29, 0.717) is 16.5 Å². The summed E-state index contributed by atoms with van der Waals surface area (Å²) >= 11 is 6.00. The van der Waals surface area contributed by atoms with Gasteiger partial charge < -0.3 is 10.1 Å². The van der Waals surface area contributed by atoms with E-state index in [1.54, 1.807) is 18.2 Å². The third kappa shape index (κ3) is 3.73. The van der Waals surface area contributed by atoms with Crippen molar-refractivity contribution in [1.82, 2.24) is 9.97 Å². The maximum atomic E-state index is 11.6. The number of para-hydroxylation sites is 1. The summed E-state index contributed by atoms with van der Waals surface area (Å²) in [5.74, 6) is 0.304. The van der Waals surface area contributed by atoms with Gasteiger partial charge in [0.25, 0.3) is 0 Å². The van der Waals surface area contributed by atoms with Gasteiger partial charge in [-0.2, -0.15) is 4.98 Å². The van der Waals surface area contributed by atoms with E-state index in [0.717, 1.165) is 11.1 Å². The molecule has 0 aliphatic carbocycles. The molecule has 0 saturated carbocycles. The Labute approximate surface area is 154 Å². The third-order valence-corrected chi connectivity index (χ3v) is 4.14. The second-order valence-corrected chi connectivity index (χ2v) is 5.99. The molecule has 132 valence electrons. The minimum atomic E-state index is -0.571. The molecule has 0 amide bonds. The number of ether oxygens (including phenoxy) is 1. The highest BCUT2D eigenvalue weighted by Gasteiger charge is 2.25. The second kappa shape index (κ2) is 7.37. The molecule has 7 nitrogen and oxygen atoms in total. The van der Waals surface area contributed by atoms with Gasteiger partial charge in [0.05, 0.1) is 4.92 Å². The van der Waals surface area contributed by atoms with Gasteiger partial charge in [0.2, 0.25) is 5.82 Å². The number of nitrogens with zero attached hydrogens (tertiary/aromatic N) is 3. The zero-order valence-corrected chi connectivity index (χ0v) is 14.8. The van der Waals surface area contributed by atoms with Crippen LogP contribution < -0.4 is 10.1 Å². The van der Waals surface area contributed by atoms with E-state index in [2.05, 4.69) is 15.3 Å². The van der Waals surface area contributed by atoms with E-state index in [-0.39, 0.29) is 17.4 Å². The van der Waals surface area contributed by atoms with Gasteiger partial charge in [-0.15, -0.1) is 0 Å². The number of aromatic nitrogens is 2. The van der Waals surface area contributed by atoms with Crippen molar-refractivity contribution in [2.75, 3.05) is 5.32 Å². The van der Waals surface area contributed by atoms with Crippen LogP contribution in [0.5, 0.6) is 11.6 Å². The summed E-state index contributed by atoms with van der Waals surface area (Å²) in [5, 5.41) is 15.2. The fourth-order valence-electron chi connectivity index (χ4n) is 2.33. The van der Waals surface area contributed by atoms with Gasteiger partial charge in [-0.3, -0.25) is 10.1 Å². The van der Waals surface area contributed by atoms with Crippen molar-refractivity contribution in [2.45, 2.75) is 13.8 Å². The Bertz CT molecular complexity index is 978. The van der Waals surface area contributed by atoms with Gasteiger partial charge in [0.1, 0.15) is 12.1 Å². The quantitative estimate of drug-likeness (QED) is 0.491. The molecular weight excluding hydrogens is 356 g/mol. The van der Waals surface area contributed by atoms with E-state index in [1.165, 1.54) is 6.33 Å². The van der Waals surface area contributed by atoms with Crippen LogP contribution in [0.2, 0.25) is 5.02 Å². The summed E-state index contributed by atoms with van der Waals surface area (Å²) in [5.41, 5.74) is 2.08. The minimum Gasteiger partial charge on any atom is -0.434 e. The predicted molar refractivity (Wildman–Crippen MR) is 99.4 cm³/mol. The molecule has 0 aliphatic rings. The number of rotatable bonds is 5. The summed E-state index contributed by atoms with van der Waals surface area (Å²) in [6.45, 7) is 3.71. The van der Waals surface area contributed by atoms with Crippen molar-refractivity contribution in [3.63, 3.8) is 0 Å². The van der Waals surface area contributed by atoms with Gasteiger partial charge in [0, 0.05) is 10.7 Å². The Hall–Kier alpha value is -3.19. The molecule has 2 aromatic carbocycles. The van der Waals surface area contributed by atoms with Gasteiger partial charge >= 0.3 is 11.6 Å². The predicted octanol–water partition coefficient (Wildman–Crippen LogP) is 5.19. The molecule has 8 heteroatoms. The first-order valence-electron chi connectivity index (χ1n) is 7.71. The van der Waals surface area contributed by atoms with E-state index >= 15 is 0 Å². The summed E-state index contributed by atoms with van der Waals surface area (Å²) in [6, 6.07) is 12.4. The monoisotopic (exact) mass is 370 g/mol. The van der Waals surface area contributed by atoms with Gasteiger partial charge in [0.15, 0.2) is 0 Å². The van der Waals surface area contributed by atoms with Gasteiger partial charge in [-0.1, -0.05) is 29.8 Å². The maximum absolute atomic E-state index is 11.6. The summed E-state index contributed by atoms with van der Waals surface area (Å²) in [4.78, 5) is 19.0. The highest BCUT2D eigenvalue weighted by Crippen LogP contribution is 2.36. The molecule has 1 heterocycles. The van der Waals surface area contributed by atoms with Crippen LogP contribution in [0, 0.1) is 24.0 Å². The lowest BCUT2D eigenvalue weighted by molar-refractivity contribution is -0.385. The highest BCUT2D eigenvalue weighted by atomic mass is 35.5. The molecule has 1 N–H and O–H groups in total. The molecule has 3 rings (SSSR count). The number of anilines is 2. The first-order valence-corrected chi connectivity index (χ1v) is 8.09. The molecule has 0 saturated heterocycles. The van der Waals surface area contributed by atoms with Crippen molar-refractivity contribution in [2.24, 2.45) is 0 Å². The highest BCUT2D eigenvalue weighted by molar-refractivity contribution is 6.31. The molecule has 1 aromatic heterocycles. The lowest BCUT2D eigenvalue weighted by Gasteiger charge is -2.11. The van der Waals surface area contributed by atoms with Crippen LogP contribution in [0.3, 0.4) is 0 Å². The summed E-state index contributed by atoms with van der Waals surface area (Å²) < 4.78 is 5.62. The zero-order valence-electron chi connectivity index (χ0n) is 14.1. The third-order valence-electron chi connectivity index (χ3n) is 3.71. The Morgan fingerprint density at radius 1 is 1.12 bits per heavy atom. The number of hydrogen-bond acceptors (Lipinski definition) is 6. The number of hydrogen-bond donors (Lipinski definition) is 1. The molecule has 0 aliphatic heterocycles. The Morgan fingerprint density at radius 3 is 2.58 bits per heavy atom. The van der Waals surface area contributed by atoms with Crippen LogP contribution in [0.4, 0.5) is 17.2 Å². The number of halogens is 1. The molecular formula is C18H15ClN4O3. The van der Waals surface area contributed by atoms with Crippen molar-refractivity contribution < 1.29 is 9.66 Å². The Morgan fingerprint density at radius 2 is 1.88 bits per heavy atom. The van der Waals surface area contributed by atoms with Crippen molar-refractivity contribution in [3.8, 4) is 11.6 Å². The molecule has 0 spiro atoms.